The molecule has 7 heteroatoms. The largest absolute Gasteiger partial charge is 0.353 e. The lowest BCUT2D eigenvalue weighted by atomic mass is 10.2. The van der Waals surface area contributed by atoms with Gasteiger partial charge in [-0.05, 0) is 50.6 Å². The normalized spacial score (nSPS) is 11.0. The van der Waals surface area contributed by atoms with E-state index in [4.69, 9.17) is 0 Å². The Balaban J connectivity index is 1.68. The van der Waals surface area contributed by atoms with Crippen LogP contribution in [0.4, 0.5) is 5.69 Å². The monoisotopic (exact) mass is 418 g/mol. The first-order valence-electron chi connectivity index (χ1n) is 9.60. The number of amides is 1. The van der Waals surface area contributed by atoms with E-state index < -0.39 is 0 Å². The summed E-state index contributed by atoms with van der Waals surface area (Å²) in [5, 5.41) is 3.40. The highest BCUT2D eigenvalue weighted by molar-refractivity contribution is 7.99. The maximum Gasteiger partial charge on any atom is 0.283 e. The molecule has 152 valence electrons. The van der Waals surface area contributed by atoms with E-state index in [0.29, 0.717) is 21.9 Å². The smallest absolute Gasteiger partial charge is 0.283 e. The van der Waals surface area contributed by atoms with Crippen LogP contribution >= 0.6 is 11.8 Å². The molecule has 0 aliphatic heterocycles. The number of thioether (sulfide) groups is 1. The molecule has 2 heterocycles. The van der Waals surface area contributed by atoms with Crippen molar-refractivity contribution in [3.63, 3.8) is 0 Å². The number of nitrogens with one attached hydrogen (secondary N) is 2. The van der Waals surface area contributed by atoms with E-state index >= 15 is 0 Å². The zero-order valence-electron chi connectivity index (χ0n) is 17.0. The van der Waals surface area contributed by atoms with Crippen molar-refractivity contribution in [3.8, 4) is 5.69 Å². The Bertz CT molecular complexity index is 1290. The summed E-state index contributed by atoms with van der Waals surface area (Å²) in [6, 6.07) is 17.1. The molecule has 0 aliphatic carbocycles. The minimum Gasteiger partial charge on any atom is -0.353 e. The van der Waals surface area contributed by atoms with Crippen LogP contribution in [0.2, 0.25) is 0 Å². The number of para-hydroxylation sites is 1. The first-order valence-corrected chi connectivity index (χ1v) is 10.6. The van der Waals surface area contributed by atoms with Gasteiger partial charge in [0.05, 0.1) is 17.0 Å². The second kappa shape index (κ2) is 8.20. The number of H-pyrrole nitrogens is 1. The zero-order valence-corrected chi connectivity index (χ0v) is 17.8. The van der Waals surface area contributed by atoms with Gasteiger partial charge in [0.2, 0.25) is 5.91 Å². The number of anilines is 1. The first kappa shape index (κ1) is 20.0. The highest BCUT2D eigenvalue weighted by Gasteiger charge is 2.16. The Kier molecular flexibility index (Phi) is 5.46. The van der Waals surface area contributed by atoms with E-state index in [-0.39, 0.29) is 17.2 Å². The number of carbonyl (C=O) groups excluding carboxylic acids is 1. The number of hydrogen-bond acceptors (Lipinski definition) is 4. The summed E-state index contributed by atoms with van der Waals surface area (Å²) in [4.78, 5) is 33.5. The fraction of sp³-hybridized carbons (Fsp3) is 0.174. The van der Waals surface area contributed by atoms with Crippen molar-refractivity contribution < 1.29 is 4.79 Å². The van der Waals surface area contributed by atoms with E-state index in [9.17, 15) is 9.59 Å². The molecule has 6 nitrogen and oxygen atoms in total. The van der Waals surface area contributed by atoms with Gasteiger partial charge in [-0.3, -0.25) is 14.2 Å². The third-order valence-corrected chi connectivity index (χ3v) is 5.74. The highest BCUT2D eigenvalue weighted by Crippen LogP contribution is 2.22. The predicted octanol–water partition coefficient (Wildman–Crippen LogP) is 4.37. The second-order valence-corrected chi connectivity index (χ2v) is 8.18. The van der Waals surface area contributed by atoms with Gasteiger partial charge in [-0.25, -0.2) is 4.98 Å². The van der Waals surface area contributed by atoms with E-state index in [1.807, 2.05) is 75.4 Å². The fourth-order valence-electron chi connectivity index (χ4n) is 3.23. The van der Waals surface area contributed by atoms with E-state index in [1.54, 1.807) is 4.57 Å². The summed E-state index contributed by atoms with van der Waals surface area (Å²) >= 11 is 1.24. The van der Waals surface area contributed by atoms with Gasteiger partial charge in [0, 0.05) is 11.4 Å². The lowest BCUT2D eigenvalue weighted by Gasteiger charge is -2.13. The lowest BCUT2D eigenvalue weighted by molar-refractivity contribution is -0.113. The molecule has 0 saturated carbocycles. The third-order valence-electron chi connectivity index (χ3n) is 4.80. The Hall–Kier alpha value is -3.32. The SMILES string of the molecule is Cc1ccc(-n2c(SCC(=O)Nc3ccccc3C)nc3cc(C)[nH]c3c2=O)cc1. The summed E-state index contributed by atoms with van der Waals surface area (Å²) in [6.07, 6.45) is 0. The van der Waals surface area contributed by atoms with E-state index in [0.717, 1.165) is 22.5 Å². The van der Waals surface area contributed by atoms with Gasteiger partial charge in [-0.2, -0.15) is 0 Å². The number of nitrogens with zero attached hydrogens (tertiary/aromatic N) is 2. The molecular formula is C23H22N4O2S. The van der Waals surface area contributed by atoms with Crippen LogP contribution in [0.5, 0.6) is 0 Å². The van der Waals surface area contributed by atoms with Crippen molar-refractivity contribution in [2.45, 2.75) is 25.9 Å². The van der Waals surface area contributed by atoms with E-state index in [2.05, 4.69) is 15.3 Å². The number of benzene rings is 2. The fourth-order valence-corrected chi connectivity index (χ4v) is 4.04. The molecular weight excluding hydrogens is 396 g/mol. The lowest BCUT2D eigenvalue weighted by Crippen LogP contribution is -2.23. The Morgan fingerprint density at radius 2 is 1.83 bits per heavy atom. The van der Waals surface area contributed by atoms with Crippen LogP contribution in [-0.2, 0) is 4.79 Å². The van der Waals surface area contributed by atoms with Crippen LogP contribution in [-0.4, -0.2) is 26.2 Å². The number of rotatable bonds is 5. The Labute approximate surface area is 178 Å². The molecule has 2 aromatic carbocycles. The van der Waals surface area contributed by atoms with Crippen LogP contribution in [0.25, 0.3) is 16.7 Å². The second-order valence-electron chi connectivity index (χ2n) is 7.23. The summed E-state index contributed by atoms with van der Waals surface area (Å²) in [5.74, 6) is -0.00832. The molecule has 30 heavy (non-hydrogen) atoms. The van der Waals surface area contributed by atoms with Crippen molar-refractivity contribution in [1.82, 2.24) is 14.5 Å². The van der Waals surface area contributed by atoms with Crippen LogP contribution in [0, 0.1) is 20.8 Å². The summed E-state index contributed by atoms with van der Waals surface area (Å²) in [7, 11) is 0. The van der Waals surface area contributed by atoms with Crippen molar-refractivity contribution in [3.05, 3.63) is 81.8 Å². The van der Waals surface area contributed by atoms with Gasteiger partial charge in [-0.15, -0.1) is 0 Å². The number of carbonyl (C=O) groups is 1. The van der Waals surface area contributed by atoms with Gasteiger partial charge in [0.1, 0.15) is 5.52 Å². The van der Waals surface area contributed by atoms with Gasteiger partial charge in [0.15, 0.2) is 5.16 Å². The quantitative estimate of drug-likeness (QED) is 0.373. The van der Waals surface area contributed by atoms with Crippen LogP contribution in [0.1, 0.15) is 16.8 Å². The third kappa shape index (κ3) is 4.02. The summed E-state index contributed by atoms with van der Waals surface area (Å²) in [6.45, 7) is 5.83. The molecule has 0 aliphatic rings. The maximum absolute atomic E-state index is 13.2. The predicted molar refractivity (Wildman–Crippen MR) is 122 cm³/mol. The summed E-state index contributed by atoms with van der Waals surface area (Å²) < 4.78 is 1.56. The van der Waals surface area contributed by atoms with Crippen LogP contribution in [0.15, 0.2) is 64.5 Å². The number of hydrogen-bond donors (Lipinski definition) is 2. The molecule has 0 bridgehead atoms. The van der Waals surface area contributed by atoms with Crippen LogP contribution in [0.3, 0.4) is 0 Å². The first-order chi connectivity index (χ1) is 14.4. The molecule has 2 N–H and O–H groups in total. The molecule has 0 spiro atoms. The number of aryl methyl sites for hydroxylation is 3. The Morgan fingerprint density at radius 1 is 1.10 bits per heavy atom. The molecule has 4 rings (SSSR count). The van der Waals surface area contributed by atoms with E-state index in [1.165, 1.54) is 11.8 Å². The average molecular weight is 419 g/mol. The minimum absolute atomic E-state index is 0.140. The van der Waals surface area contributed by atoms with Crippen LogP contribution < -0.4 is 10.9 Å². The number of fused-ring (bicyclic) bond motifs is 1. The summed E-state index contributed by atoms with van der Waals surface area (Å²) in [5.41, 5.74) is 5.34. The molecule has 0 unspecified atom stereocenters. The van der Waals surface area contributed by atoms with Gasteiger partial charge in [-0.1, -0.05) is 47.7 Å². The van der Waals surface area contributed by atoms with Crippen molar-refractivity contribution in [2.24, 2.45) is 0 Å². The maximum atomic E-state index is 13.2. The minimum atomic E-state index is -0.182. The van der Waals surface area contributed by atoms with Crippen molar-refractivity contribution in [1.29, 1.82) is 0 Å². The number of aromatic amines is 1. The molecule has 0 atom stereocenters. The number of aromatic nitrogens is 3. The standard InChI is InChI=1S/C23H22N4O2S/c1-14-8-10-17(11-9-14)27-22(29)21-19(12-16(3)24-21)26-23(27)30-13-20(28)25-18-7-5-4-6-15(18)2/h4-12,24H,13H2,1-3H3,(H,25,28). The average Bonchev–Trinajstić information content (AvgIpc) is 3.10. The van der Waals surface area contributed by atoms with Gasteiger partial charge < -0.3 is 10.3 Å². The van der Waals surface area contributed by atoms with Gasteiger partial charge >= 0.3 is 0 Å². The Morgan fingerprint density at radius 3 is 2.57 bits per heavy atom. The van der Waals surface area contributed by atoms with Gasteiger partial charge in [0.25, 0.3) is 5.56 Å². The van der Waals surface area contributed by atoms with Crippen molar-refractivity contribution in [2.75, 3.05) is 11.1 Å². The molecule has 4 aromatic rings. The molecule has 1 amide bonds. The molecule has 0 fully saturated rings. The topological polar surface area (TPSA) is 79.8 Å². The highest BCUT2D eigenvalue weighted by atomic mass is 32.2. The molecule has 2 aromatic heterocycles. The molecule has 0 saturated heterocycles. The van der Waals surface area contributed by atoms with Crippen molar-refractivity contribution >= 4 is 34.4 Å². The molecule has 0 radical (unpaired) electrons. The zero-order chi connectivity index (χ0) is 21.3.